The van der Waals surface area contributed by atoms with Gasteiger partial charge in [0.25, 0.3) is 0 Å². The van der Waals surface area contributed by atoms with E-state index in [1.807, 2.05) is 11.8 Å². The van der Waals surface area contributed by atoms with E-state index in [2.05, 4.69) is 5.16 Å². The van der Waals surface area contributed by atoms with Crippen LogP contribution in [0.5, 0.6) is 0 Å². The SMILES string of the molecule is CCCN(C(=O)C/C(N)=N/O)C1CC1. The topological polar surface area (TPSA) is 78.9 Å². The molecule has 0 saturated heterocycles. The van der Waals surface area contributed by atoms with Gasteiger partial charge in [-0.15, -0.1) is 0 Å². The van der Waals surface area contributed by atoms with Crippen LogP contribution in [-0.4, -0.2) is 34.4 Å². The molecule has 0 bridgehead atoms. The highest BCUT2D eigenvalue weighted by Crippen LogP contribution is 2.27. The van der Waals surface area contributed by atoms with Gasteiger partial charge in [-0.3, -0.25) is 4.79 Å². The van der Waals surface area contributed by atoms with Gasteiger partial charge in [-0.25, -0.2) is 0 Å². The van der Waals surface area contributed by atoms with Crippen molar-refractivity contribution in [3.63, 3.8) is 0 Å². The number of hydrogen-bond acceptors (Lipinski definition) is 3. The fourth-order valence-corrected chi connectivity index (χ4v) is 1.43. The number of carbonyl (C=O) groups is 1. The van der Waals surface area contributed by atoms with Crippen molar-refractivity contribution in [1.82, 2.24) is 4.90 Å². The molecule has 1 saturated carbocycles. The Hall–Kier alpha value is -1.26. The number of amidine groups is 1. The molecule has 0 aromatic heterocycles. The maximum atomic E-state index is 11.6. The average molecular weight is 199 g/mol. The van der Waals surface area contributed by atoms with Crippen molar-refractivity contribution >= 4 is 11.7 Å². The van der Waals surface area contributed by atoms with Crippen LogP contribution >= 0.6 is 0 Å². The highest BCUT2D eigenvalue weighted by Gasteiger charge is 2.31. The zero-order chi connectivity index (χ0) is 10.6. The smallest absolute Gasteiger partial charge is 0.230 e. The molecular formula is C9H17N3O2. The van der Waals surface area contributed by atoms with Crippen LogP contribution in [0, 0.1) is 0 Å². The van der Waals surface area contributed by atoms with E-state index < -0.39 is 0 Å². The number of carbonyl (C=O) groups excluding carboxylic acids is 1. The fraction of sp³-hybridized carbons (Fsp3) is 0.778. The van der Waals surface area contributed by atoms with Crippen molar-refractivity contribution in [2.24, 2.45) is 10.9 Å². The van der Waals surface area contributed by atoms with Crippen molar-refractivity contribution < 1.29 is 10.0 Å². The molecule has 80 valence electrons. The third kappa shape index (κ3) is 2.90. The van der Waals surface area contributed by atoms with Crippen molar-refractivity contribution in [3.05, 3.63) is 0 Å². The van der Waals surface area contributed by atoms with Crippen molar-refractivity contribution in [2.75, 3.05) is 6.54 Å². The lowest BCUT2D eigenvalue weighted by Crippen LogP contribution is -2.36. The maximum Gasteiger partial charge on any atom is 0.230 e. The maximum absolute atomic E-state index is 11.6. The summed E-state index contributed by atoms with van der Waals surface area (Å²) in [5, 5.41) is 11.1. The molecule has 0 aromatic carbocycles. The van der Waals surface area contributed by atoms with Crippen LogP contribution in [0.3, 0.4) is 0 Å². The molecule has 0 aliphatic heterocycles. The molecule has 0 atom stereocenters. The lowest BCUT2D eigenvalue weighted by atomic mass is 10.3. The predicted octanol–water partition coefficient (Wildman–Crippen LogP) is 0.524. The van der Waals surface area contributed by atoms with Gasteiger partial charge in [0.15, 0.2) is 0 Å². The molecule has 0 spiro atoms. The lowest BCUT2D eigenvalue weighted by Gasteiger charge is -2.21. The zero-order valence-corrected chi connectivity index (χ0v) is 8.44. The minimum Gasteiger partial charge on any atom is -0.409 e. The van der Waals surface area contributed by atoms with E-state index >= 15 is 0 Å². The molecule has 0 unspecified atom stereocenters. The van der Waals surface area contributed by atoms with E-state index in [9.17, 15) is 4.79 Å². The van der Waals surface area contributed by atoms with Gasteiger partial charge in [0.2, 0.25) is 5.91 Å². The Morgan fingerprint density at radius 3 is 2.71 bits per heavy atom. The first kappa shape index (κ1) is 10.8. The van der Waals surface area contributed by atoms with Crippen LogP contribution in [0.1, 0.15) is 32.6 Å². The second-order valence-electron chi connectivity index (χ2n) is 3.59. The quantitative estimate of drug-likeness (QED) is 0.293. The molecule has 0 radical (unpaired) electrons. The molecular weight excluding hydrogens is 182 g/mol. The van der Waals surface area contributed by atoms with Crippen LogP contribution in [0.2, 0.25) is 0 Å². The number of nitrogens with two attached hydrogens (primary N) is 1. The van der Waals surface area contributed by atoms with Gasteiger partial charge in [0, 0.05) is 12.6 Å². The molecule has 3 N–H and O–H groups in total. The van der Waals surface area contributed by atoms with E-state index in [1.54, 1.807) is 0 Å². The van der Waals surface area contributed by atoms with Gasteiger partial charge in [0.1, 0.15) is 5.84 Å². The monoisotopic (exact) mass is 199 g/mol. The molecule has 0 heterocycles. The van der Waals surface area contributed by atoms with Crippen molar-refractivity contribution in [2.45, 2.75) is 38.6 Å². The summed E-state index contributed by atoms with van der Waals surface area (Å²) in [4.78, 5) is 13.5. The lowest BCUT2D eigenvalue weighted by molar-refractivity contribution is -0.130. The third-order valence-electron chi connectivity index (χ3n) is 2.23. The van der Waals surface area contributed by atoms with Gasteiger partial charge in [-0.1, -0.05) is 12.1 Å². The first-order valence-corrected chi connectivity index (χ1v) is 4.95. The molecule has 1 aliphatic rings. The van der Waals surface area contributed by atoms with Gasteiger partial charge in [-0.05, 0) is 19.3 Å². The number of hydrogen-bond donors (Lipinski definition) is 2. The molecule has 14 heavy (non-hydrogen) atoms. The summed E-state index contributed by atoms with van der Waals surface area (Å²) in [5.41, 5.74) is 5.28. The van der Waals surface area contributed by atoms with Gasteiger partial charge < -0.3 is 15.8 Å². The number of nitrogens with zero attached hydrogens (tertiary/aromatic N) is 2. The standard InChI is InChI=1S/C9H17N3O2/c1-2-5-12(7-3-4-7)9(13)6-8(10)11-14/h7,14H,2-6H2,1H3,(H2,10,11). The largest absolute Gasteiger partial charge is 0.409 e. The summed E-state index contributed by atoms with van der Waals surface area (Å²) < 4.78 is 0. The van der Waals surface area contributed by atoms with E-state index in [0.717, 1.165) is 25.8 Å². The van der Waals surface area contributed by atoms with Gasteiger partial charge in [0.05, 0.1) is 6.42 Å². The Kier molecular flexibility index (Phi) is 3.73. The van der Waals surface area contributed by atoms with E-state index in [1.165, 1.54) is 0 Å². The van der Waals surface area contributed by atoms with Crippen LogP contribution in [0.25, 0.3) is 0 Å². The Balaban J connectivity index is 2.46. The van der Waals surface area contributed by atoms with E-state index in [4.69, 9.17) is 10.9 Å². The molecule has 5 nitrogen and oxygen atoms in total. The van der Waals surface area contributed by atoms with Crippen LogP contribution in [0.4, 0.5) is 0 Å². The second kappa shape index (κ2) is 4.83. The number of oxime groups is 1. The molecule has 5 heteroatoms. The van der Waals surface area contributed by atoms with Gasteiger partial charge in [-0.2, -0.15) is 0 Å². The Bertz CT molecular complexity index is 236. The van der Waals surface area contributed by atoms with Crippen LogP contribution in [0.15, 0.2) is 5.16 Å². The minimum atomic E-state index is -0.0374. The average Bonchev–Trinajstić information content (AvgIpc) is 2.97. The highest BCUT2D eigenvalue weighted by molar-refractivity contribution is 5.98. The van der Waals surface area contributed by atoms with Crippen molar-refractivity contribution in [1.29, 1.82) is 0 Å². The molecule has 1 fully saturated rings. The summed E-state index contributed by atoms with van der Waals surface area (Å²) in [6.45, 7) is 2.80. The molecule has 1 aliphatic carbocycles. The Morgan fingerprint density at radius 1 is 1.64 bits per heavy atom. The normalized spacial score (nSPS) is 16.8. The molecule has 1 rings (SSSR count). The first-order chi connectivity index (χ1) is 6.69. The summed E-state index contributed by atoms with van der Waals surface area (Å²) in [6.07, 6.45) is 3.13. The van der Waals surface area contributed by atoms with E-state index in [-0.39, 0.29) is 18.2 Å². The van der Waals surface area contributed by atoms with E-state index in [0.29, 0.717) is 6.04 Å². The fourth-order valence-electron chi connectivity index (χ4n) is 1.43. The highest BCUT2D eigenvalue weighted by atomic mass is 16.4. The first-order valence-electron chi connectivity index (χ1n) is 4.95. The second-order valence-corrected chi connectivity index (χ2v) is 3.59. The molecule has 1 amide bonds. The summed E-state index contributed by atoms with van der Waals surface area (Å²) in [6, 6.07) is 0.397. The number of amides is 1. The minimum absolute atomic E-state index is 0.0169. The summed E-state index contributed by atoms with van der Waals surface area (Å²) in [7, 11) is 0. The van der Waals surface area contributed by atoms with Crippen LogP contribution < -0.4 is 5.73 Å². The molecule has 0 aromatic rings. The number of rotatable bonds is 5. The van der Waals surface area contributed by atoms with Crippen molar-refractivity contribution in [3.8, 4) is 0 Å². The third-order valence-corrected chi connectivity index (χ3v) is 2.23. The summed E-state index contributed by atoms with van der Waals surface area (Å²) >= 11 is 0. The predicted molar refractivity (Wildman–Crippen MR) is 53.1 cm³/mol. The van der Waals surface area contributed by atoms with Crippen LogP contribution in [-0.2, 0) is 4.79 Å². The summed E-state index contributed by atoms with van der Waals surface area (Å²) in [5.74, 6) is -0.0543. The van der Waals surface area contributed by atoms with Gasteiger partial charge >= 0.3 is 0 Å². The Morgan fingerprint density at radius 2 is 2.29 bits per heavy atom. The Labute approximate surface area is 83.6 Å². The zero-order valence-electron chi connectivity index (χ0n) is 8.44.